The number of carbonyl (C=O) groups is 1. The molecule has 3 nitrogen and oxygen atoms in total. The van der Waals surface area contributed by atoms with Crippen LogP contribution in [0, 0.1) is 11.2 Å². The van der Waals surface area contributed by atoms with Crippen LogP contribution in [0.25, 0.3) is 0 Å². The Morgan fingerprint density at radius 3 is 2.56 bits per heavy atom. The van der Waals surface area contributed by atoms with E-state index in [2.05, 4.69) is 17.0 Å². The van der Waals surface area contributed by atoms with Crippen molar-refractivity contribution in [1.29, 1.82) is 0 Å². The van der Waals surface area contributed by atoms with Gasteiger partial charge in [0.2, 0.25) is 5.91 Å². The average Bonchev–Trinajstić information content (AvgIpc) is 3.17. The Hall–Kier alpha value is -2.20. The molecule has 2 saturated heterocycles. The van der Waals surface area contributed by atoms with Gasteiger partial charge in [0.25, 0.3) is 0 Å². The van der Waals surface area contributed by atoms with Gasteiger partial charge in [0.15, 0.2) is 0 Å². The lowest BCUT2D eigenvalue weighted by Crippen LogP contribution is -2.50. The molecule has 0 spiro atoms. The van der Waals surface area contributed by atoms with Crippen molar-refractivity contribution in [2.24, 2.45) is 5.41 Å². The van der Waals surface area contributed by atoms with E-state index in [9.17, 15) is 9.18 Å². The molecule has 1 amide bonds. The summed E-state index contributed by atoms with van der Waals surface area (Å²) in [6, 6.07) is 17.8. The lowest BCUT2D eigenvalue weighted by atomic mass is 9.69. The van der Waals surface area contributed by atoms with Crippen molar-refractivity contribution in [3.8, 4) is 0 Å². The highest BCUT2D eigenvalue weighted by molar-refractivity contribution is 5.84. The van der Waals surface area contributed by atoms with Gasteiger partial charge >= 0.3 is 0 Å². The molecule has 2 aliphatic rings. The molecule has 0 saturated carbocycles. The molecule has 2 aliphatic heterocycles. The first kappa shape index (κ1) is 18.2. The van der Waals surface area contributed by atoms with E-state index in [1.165, 1.54) is 11.6 Å². The lowest BCUT2D eigenvalue weighted by molar-refractivity contribution is -0.141. The molecule has 0 aromatic heterocycles. The number of hydrogen-bond donors (Lipinski definition) is 0. The first-order valence-corrected chi connectivity index (χ1v) is 9.75. The first-order valence-electron chi connectivity index (χ1n) is 9.75. The predicted molar refractivity (Wildman–Crippen MR) is 105 cm³/mol. The zero-order valence-electron chi connectivity index (χ0n) is 16.1. The van der Waals surface area contributed by atoms with Crippen LogP contribution in [0.1, 0.15) is 30.4 Å². The Morgan fingerprint density at radius 1 is 1.11 bits per heavy atom. The van der Waals surface area contributed by atoms with E-state index in [0.29, 0.717) is 12.6 Å². The Labute approximate surface area is 160 Å². The average molecular weight is 366 g/mol. The minimum absolute atomic E-state index is 0.195. The predicted octanol–water partition coefficient (Wildman–Crippen LogP) is 3.88. The maximum absolute atomic E-state index is 13.6. The Bertz CT molecular complexity index is 822. The number of amides is 1. The van der Waals surface area contributed by atoms with Gasteiger partial charge in [0.05, 0.1) is 5.41 Å². The minimum atomic E-state index is -0.388. The highest BCUT2D eigenvalue weighted by atomic mass is 19.1. The maximum atomic E-state index is 13.6. The van der Waals surface area contributed by atoms with Crippen LogP contribution in [0.15, 0.2) is 54.6 Å². The Balaban J connectivity index is 1.65. The third-order valence-electron chi connectivity index (χ3n) is 6.33. The number of carbonyl (C=O) groups excluding carboxylic acids is 1. The second kappa shape index (κ2) is 7.08. The summed E-state index contributed by atoms with van der Waals surface area (Å²) in [5.74, 6) is 0.0294. The Kier molecular flexibility index (Phi) is 4.77. The summed E-state index contributed by atoms with van der Waals surface area (Å²) in [6.45, 7) is 0.713. The van der Waals surface area contributed by atoms with Gasteiger partial charge in [0, 0.05) is 32.7 Å². The Morgan fingerprint density at radius 2 is 1.85 bits per heavy atom. The number of hydrogen-bond acceptors (Lipinski definition) is 2. The number of nitrogens with zero attached hydrogens (tertiary/aromatic N) is 2. The molecular weight excluding hydrogens is 339 g/mol. The van der Waals surface area contributed by atoms with Crippen molar-refractivity contribution in [2.75, 3.05) is 14.1 Å². The summed E-state index contributed by atoms with van der Waals surface area (Å²) < 4.78 is 13.6. The molecule has 0 aliphatic carbocycles. The summed E-state index contributed by atoms with van der Waals surface area (Å²) in [6.07, 6.45) is 3.81. The van der Waals surface area contributed by atoms with Crippen molar-refractivity contribution in [1.82, 2.24) is 9.80 Å². The molecule has 0 N–H and O–H groups in total. The second-order valence-electron chi connectivity index (χ2n) is 8.27. The van der Waals surface area contributed by atoms with E-state index < -0.39 is 0 Å². The summed E-state index contributed by atoms with van der Waals surface area (Å²) in [5, 5.41) is 0. The van der Waals surface area contributed by atoms with Crippen LogP contribution in [0.5, 0.6) is 0 Å². The van der Waals surface area contributed by atoms with Crippen molar-refractivity contribution in [3.63, 3.8) is 0 Å². The minimum Gasteiger partial charge on any atom is -0.348 e. The van der Waals surface area contributed by atoms with Gasteiger partial charge in [-0.15, -0.1) is 0 Å². The van der Waals surface area contributed by atoms with Gasteiger partial charge in [-0.05, 0) is 48.9 Å². The molecule has 2 heterocycles. The largest absolute Gasteiger partial charge is 0.348 e. The summed E-state index contributed by atoms with van der Waals surface area (Å²) >= 11 is 0. The van der Waals surface area contributed by atoms with E-state index >= 15 is 0 Å². The monoisotopic (exact) mass is 366 g/mol. The second-order valence-corrected chi connectivity index (χ2v) is 8.27. The molecule has 0 unspecified atom stereocenters. The zero-order valence-corrected chi connectivity index (χ0v) is 16.1. The van der Waals surface area contributed by atoms with E-state index in [1.54, 1.807) is 17.0 Å². The number of rotatable bonds is 5. The topological polar surface area (TPSA) is 23.6 Å². The highest BCUT2D eigenvalue weighted by Gasteiger charge is 2.59. The van der Waals surface area contributed by atoms with Crippen molar-refractivity contribution < 1.29 is 9.18 Å². The van der Waals surface area contributed by atoms with Gasteiger partial charge in [-0.2, -0.15) is 0 Å². The highest BCUT2D eigenvalue weighted by Crippen LogP contribution is 2.52. The van der Waals surface area contributed by atoms with Crippen LogP contribution in [0.3, 0.4) is 0 Å². The van der Waals surface area contributed by atoms with Gasteiger partial charge in [-0.1, -0.05) is 42.5 Å². The molecule has 4 rings (SSSR count). The van der Waals surface area contributed by atoms with Crippen LogP contribution in [-0.4, -0.2) is 41.9 Å². The quantitative estimate of drug-likeness (QED) is 0.802. The van der Waals surface area contributed by atoms with Crippen molar-refractivity contribution in [3.05, 3.63) is 71.5 Å². The van der Waals surface area contributed by atoms with Gasteiger partial charge in [-0.25, -0.2) is 4.39 Å². The number of benzene rings is 2. The van der Waals surface area contributed by atoms with Gasteiger partial charge < -0.3 is 4.90 Å². The fourth-order valence-electron chi connectivity index (χ4n) is 5.29. The van der Waals surface area contributed by atoms with E-state index in [0.717, 1.165) is 31.2 Å². The molecule has 2 aromatic rings. The smallest absolute Gasteiger partial charge is 0.230 e. The van der Waals surface area contributed by atoms with Gasteiger partial charge in [0.1, 0.15) is 5.82 Å². The van der Waals surface area contributed by atoms with E-state index in [1.807, 2.05) is 38.4 Å². The molecule has 27 heavy (non-hydrogen) atoms. The molecule has 142 valence electrons. The van der Waals surface area contributed by atoms with Crippen LogP contribution in [-0.2, 0) is 17.8 Å². The van der Waals surface area contributed by atoms with Crippen LogP contribution < -0.4 is 0 Å². The maximum Gasteiger partial charge on any atom is 0.230 e. The summed E-state index contributed by atoms with van der Waals surface area (Å²) in [5.41, 5.74) is 1.81. The summed E-state index contributed by atoms with van der Waals surface area (Å²) in [4.78, 5) is 17.6. The normalized spacial score (nSPS) is 27.1. The zero-order chi connectivity index (χ0) is 19.0. The molecular formula is C23H27FN2O. The molecule has 2 fully saturated rings. The third-order valence-corrected chi connectivity index (χ3v) is 6.33. The molecule has 2 bridgehead atoms. The molecule has 2 aromatic carbocycles. The van der Waals surface area contributed by atoms with E-state index in [4.69, 9.17) is 0 Å². The number of fused-ring (bicyclic) bond motifs is 2. The van der Waals surface area contributed by atoms with Crippen LogP contribution in [0.2, 0.25) is 0 Å². The SMILES string of the molecule is CN(C)C(=O)[C@]1(Cc2ccccc2)C[C@@H]2CC[C@H]1N2Cc1cccc(F)c1. The molecule has 0 radical (unpaired) electrons. The number of halogens is 1. The van der Waals surface area contributed by atoms with Crippen LogP contribution >= 0.6 is 0 Å². The molecule has 3 atom stereocenters. The van der Waals surface area contributed by atoms with E-state index in [-0.39, 0.29) is 23.2 Å². The van der Waals surface area contributed by atoms with Crippen molar-refractivity contribution >= 4 is 5.91 Å². The van der Waals surface area contributed by atoms with Crippen molar-refractivity contribution in [2.45, 2.75) is 44.3 Å². The van der Waals surface area contributed by atoms with Crippen LogP contribution in [0.4, 0.5) is 4.39 Å². The first-order chi connectivity index (χ1) is 13.0. The molecule has 4 heteroatoms. The fraction of sp³-hybridized carbons (Fsp3) is 0.435. The van der Waals surface area contributed by atoms with Gasteiger partial charge in [-0.3, -0.25) is 9.69 Å². The summed E-state index contributed by atoms with van der Waals surface area (Å²) in [7, 11) is 3.72. The standard InChI is InChI=1S/C23H27FN2O/c1-25(2)22(27)23(14-17-7-4-3-5-8-17)15-20-11-12-21(23)26(20)16-18-9-6-10-19(24)13-18/h3-10,13,20-21H,11-12,14-16H2,1-2H3/t20-,21+,23+/m0/s1. The third kappa shape index (κ3) is 3.27. The lowest BCUT2D eigenvalue weighted by Gasteiger charge is -2.38. The fourth-order valence-corrected chi connectivity index (χ4v) is 5.29.